The first-order chi connectivity index (χ1) is 6.55. The molecule has 0 N–H and O–H groups in total. The van der Waals surface area contributed by atoms with Crippen molar-refractivity contribution >= 4 is 21.7 Å². The molecule has 0 aliphatic heterocycles. The van der Waals surface area contributed by atoms with E-state index in [9.17, 15) is 4.79 Å². The molecule has 1 aliphatic rings. The minimum Gasteiger partial charge on any atom is -0.298 e. The van der Waals surface area contributed by atoms with Gasteiger partial charge in [0.2, 0.25) is 0 Å². The van der Waals surface area contributed by atoms with Gasteiger partial charge in [-0.15, -0.1) is 0 Å². The largest absolute Gasteiger partial charge is 0.298 e. The number of benzene rings is 1. The lowest BCUT2D eigenvalue weighted by Crippen LogP contribution is -2.33. The molecule has 2 rings (SSSR count). The summed E-state index contributed by atoms with van der Waals surface area (Å²) >= 11 is 3.61. The van der Waals surface area contributed by atoms with E-state index in [0.29, 0.717) is 0 Å². The number of ketones is 1. The van der Waals surface area contributed by atoms with Crippen LogP contribution in [0.2, 0.25) is 0 Å². The highest BCUT2D eigenvalue weighted by Crippen LogP contribution is 2.46. The molecule has 0 spiro atoms. The molecule has 0 aromatic heterocycles. The minimum absolute atomic E-state index is 0.223. The Morgan fingerprint density at radius 2 is 2.14 bits per heavy atom. The van der Waals surface area contributed by atoms with E-state index in [1.807, 2.05) is 12.1 Å². The predicted molar refractivity (Wildman–Crippen MR) is 60.9 cm³/mol. The Labute approximate surface area is 92.6 Å². The Hall–Kier alpha value is -0.630. The Balaban J connectivity index is 2.48. The van der Waals surface area contributed by atoms with Crippen LogP contribution in [0.5, 0.6) is 0 Å². The molecule has 2 atom stereocenters. The molecule has 0 heterocycles. The lowest BCUT2D eigenvalue weighted by Gasteiger charge is -2.23. The first kappa shape index (κ1) is 9.91. The van der Waals surface area contributed by atoms with Crippen LogP contribution in [0.15, 0.2) is 24.3 Å². The van der Waals surface area contributed by atoms with Crippen LogP contribution in [0.4, 0.5) is 0 Å². The van der Waals surface area contributed by atoms with Gasteiger partial charge in [0, 0.05) is 5.92 Å². The van der Waals surface area contributed by atoms with Gasteiger partial charge in [0.25, 0.3) is 0 Å². The second-order valence-electron chi connectivity index (χ2n) is 4.02. The number of carbonyl (C=O) groups excluding carboxylic acids is 1. The third kappa shape index (κ3) is 1.24. The standard InChI is InChI=1S/C12H13BrO/c1-8-11-6-4-3-5-10(11)7-12(8,13)9(2)14/h3-6,8H,7H2,1-2H3. The molecular formula is C12H13BrO. The number of hydrogen-bond acceptors (Lipinski definition) is 1. The number of alkyl halides is 1. The van der Waals surface area contributed by atoms with E-state index in [0.717, 1.165) is 6.42 Å². The van der Waals surface area contributed by atoms with Gasteiger partial charge < -0.3 is 0 Å². The maximum Gasteiger partial charge on any atom is 0.147 e. The van der Waals surface area contributed by atoms with Gasteiger partial charge in [0.1, 0.15) is 5.78 Å². The molecule has 0 saturated heterocycles. The summed E-state index contributed by atoms with van der Waals surface area (Å²) in [5.41, 5.74) is 2.60. The zero-order valence-electron chi connectivity index (χ0n) is 8.38. The topological polar surface area (TPSA) is 17.1 Å². The van der Waals surface area contributed by atoms with Gasteiger partial charge in [-0.25, -0.2) is 0 Å². The molecule has 0 saturated carbocycles. The van der Waals surface area contributed by atoms with Crippen molar-refractivity contribution in [1.82, 2.24) is 0 Å². The number of halogens is 1. The van der Waals surface area contributed by atoms with Gasteiger partial charge in [-0.05, 0) is 24.5 Å². The highest BCUT2D eigenvalue weighted by Gasteiger charge is 2.44. The van der Waals surface area contributed by atoms with Crippen LogP contribution in [0.25, 0.3) is 0 Å². The SMILES string of the molecule is CC(=O)C1(Br)Cc2ccccc2C1C. The van der Waals surface area contributed by atoms with Crippen molar-refractivity contribution in [2.24, 2.45) is 0 Å². The fourth-order valence-corrected chi connectivity index (χ4v) is 2.77. The van der Waals surface area contributed by atoms with E-state index in [1.54, 1.807) is 6.92 Å². The normalized spacial score (nSPS) is 30.1. The molecule has 1 nitrogen and oxygen atoms in total. The predicted octanol–water partition coefficient (Wildman–Crippen LogP) is 3.07. The molecule has 14 heavy (non-hydrogen) atoms. The van der Waals surface area contributed by atoms with Gasteiger partial charge in [-0.3, -0.25) is 4.79 Å². The highest BCUT2D eigenvalue weighted by molar-refractivity contribution is 9.10. The fraction of sp³-hybridized carbons (Fsp3) is 0.417. The quantitative estimate of drug-likeness (QED) is 0.703. The zero-order valence-corrected chi connectivity index (χ0v) is 9.97. The van der Waals surface area contributed by atoms with Crippen molar-refractivity contribution in [3.8, 4) is 0 Å². The molecular weight excluding hydrogens is 240 g/mol. The van der Waals surface area contributed by atoms with E-state index in [-0.39, 0.29) is 16.0 Å². The molecule has 0 radical (unpaired) electrons. The van der Waals surface area contributed by atoms with Gasteiger partial charge in [-0.2, -0.15) is 0 Å². The molecule has 1 aromatic carbocycles. The third-order valence-electron chi connectivity index (χ3n) is 3.24. The van der Waals surface area contributed by atoms with Crippen LogP contribution in [-0.2, 0) is 11.2 Å². The molecule has 74 valence electrons. The van der Waals surface area contributed by atoms with Crippen molar-refractivity contribution < 1.29 is 4.79 Å². The number of hydrogen-bond donors (Lipinski definition) is 0. The third-order valence-corrected chi connectivity index (χ3v) is 4.77. The van der Waals surface area contributed by atoms with Crippen LogP contribution < -0.4 is 0 Å². The Kier molecular flexibility index (Phi) is 2.26. The smallest absolute Gasteiger partial charge is 0.147 e. The van der Waals surface area contributed by atoms with Crippen LogP contribution >= 0.6 is 15.9 Å². The summed E-state index contributed by atoms with van der Waals surface area (Å²) in [6, 6.07) is 8.29. The highest BCUT2D eigenvalue weighted by atomic mass is 79.9. The van der Waals surface area contributed by atoms with Gasteiger partial charge in [-0.1, -0.05) is 47.1 Å². The summed E-state index contributed by atoms with van der Waals surface area (Å²) in [7, 11) is 0. The van der Waals surface area contributed by atoms with E-state index >= 15 is 0 Å². The Morgan fingerprint density at radius 1 is 1.50 bits per heavy atom. The van der Waals surface area contributed by atoms with Crippen LogP contribution in [0.1, 0.15) is 30.9 Å². The molecule has 0 bridgehead atoms. The van der Waals surface area contributed by atoms with Crippen molar-refractivity contribution in [2.45, 2.75) is 30.5 Å². The first-order valence-electron chi connectivity index (χ1n) is 4.83. The van der Waals surface area contributed by atoms with Crippen molar-refractivity contribution in [3.63, 3.8) is 0 Å². The van der Waals surface area contributed by atoms with Crippen molar-refractivity contribution in [3.05, 3.63) is 35.4 Å². The van der Waals surface area contributed by atoms with Gasteiger partial charge in [0.15, 0.2) is 0 Å². The molecule has 2 heteroatoms. The van der Waals surface area contributed by atoms with E-state index < -0.39 is 0 Å². The summed E-state index contributed by atoms with van der Waals surface area (Å²) in [5, 5.41) is 0. The first-order valence-corrected chi connectivity index (χ1v) is 5.63. The Bertz CT molecular complexity index is 386. The lowest BCUT2D eigenvalue weighted by molar-refractivity contribution is -0.119. The summed E-state index contributed by atoms with van der Waals surface area (Å²) < 4.78 is -0.364. The molecule has 0 amide bonds. The zero-order chi connectivity index (χ0) is 10.3. The van der Waals surface area contributed by atoms with Gasteiger partial charge >= 0.3 is 0 Å². The monoisotopic (exact) mass is 252 g/mol. The van der Waals surface area contributed by atoms with Crippen molar-refractivity contribution in [2.75, 3.05) is 0 Å². The number of rotatable bonds is 1. The van der Waals surface area contributed by atoms with E-state index in [1.165, 1.54) is 11.1 Å². The summed E-state index contributed by atoms with van der Waals surface area (Å²) in [4.78, 5) is 11.6. The maximum atomic E-state index is 11.6. The summed E-state index contributed by atoms with van der Waals surface area (Å²) in [5.74, 6) is 0.498. The fourth-order valence-electron chi connectivity index (χ4n) is 2.22. The summed E-state index contributed by atoms with van der Waals surface area (Å²) in [6.07, 6.45) is 0.819. The van der Waals surface area contributed by atoms with Crippen LogP contribution in [0, 0.1) is 0 Å². The summed E-state index contributed by atoms with van der Waals surface area (Å²) in [6.45, 7) is 3.78. The van der Waals surface area contributed by atoms with Crippen LogP contribution in [0.3, 0.4) is 0 Å². The second kappa shape index (κ2) is 3.20. The average molecular weight is 253 g/mol. The maximum absolute atomic E-state index is 11.6. The lowest BCUT2D eigenvalue weighted by atomic mass is 9.91. The number of carbonyl (C=O) groups is 1. The van der Waals surface area contributed by atoms with Crippen LogP contribution in [-0.4, -0.2) is 10.1 Å². The molecule has 1 aromatic rings. The van der Waals surface area contributed by atoms with E-state index in [2.05, 4.69) is 35.0 Å². The Morgan fingerprint density at radius 3 is 2.71 bits per heavy atom. The van der Waals surface area contributed by atoms with E-state index in [4.69, 9.17) is 0 Å². The second-order valence-corrected chi connectivity index (χ2v) is 5.43. The molecule has 2 unspecified atom stereocenters. The van der Waals surface area contributed by atoms with Crippen molar-refractivity contribution in [1.29, 1.82) is 0 Å². The molecule has 1 aliphatic carbocycles. The average Bonchev–Trinajstić information content (AvgIpc) is 2.42. The minimum atomic E-state index is -0.364. The van der Waals surface area contributed by atoms with Gasteiger partial charge in [0.05, 0.1) is 4.32 Å². The number of Topliss-reactive ketones (excluding diaryl/α,β-unsaturated/α-hetero) is 1. The molecule has 0 fully saturated rings. The number of fused-ring (bicyclic) bond motifs is 1.